The largest absolute Gasteiger partial charge is 0.480 e. The quantitative estimate of drug-likeness (QED) is 0.609. The van der Waals surface area contributed by atoms with Crippen molar-refractivity contribution in [1.29, 1.82) is 0 Å². The Labute approximate surface area is 109 Å². The third-order valence-electron chi connectivity index (χ3n) is 3.44. The number of carbonyl (C=O) groups is 2. The third-order valence-corrected chi connectivity index (χ3v) is 3.44. The molecule has 0 saturated heterocycles. The minimum Gasteiger partial charge on any atom is -0.480 e. The van der Waals surface area contributed by atoms with Crippen LogP contribution in [0.5, 0.6) is 0 Å². The maximum atomic E-state index is 12.3. The van der Waals surface area contributed by atoms with Gasteiger partial charge in [0, 0.05) is 0 Å². The fourth-order valence-electron chi connectivity index (χ4n) is 2.68. The monoisotopic (exact) mass is 256 g/mol. The van der Waals surface area contributed by atoms with Crippen molar-refractivity contribution >= 4 is 11.9 Å². The molecule has 1 aliphatic carbocycles. The predicted octanol–water partition coefficient (Wildman–Crippen LogP) is 3.00. The van der Waals surface area contributed by atoms with Gasteiger partial charge in [-0.05, 0) is 45.4 Å². The predicted molar refractivity (Wildman–Crippen MR) is 68.2 cm³/mol. The van der Waals surface area contributed by atoms with Crippen LogP contribution < -0.4 is 0 Å². The van der Waals surface area contributed by atoms with Gasteiger partial charge in [-0.25, -0.2) is 0 Å². The molecule has 0 aromatic carbocycles. The summed E-state index contributed by atoms with van der Waals surface area (Å²) in [5, 5.41) is 9.49. The maximum Gasteiger partial charge on any atom is 0.324 e. The van der Waals surface area contributed by atoms with Crippen LogP contribution >= 0.6 is 0 Å². The first-order chi connectivity index (χ1) is 7.99. The molecule has 0 amide bonds. The van der Waals surface area contributed by atoms with Crippen LogP contribution in [0, 0.1) is 10.8 Å². The lowest BCUT2D eigenvalue weighted by Crippen LogP contribution is -2.48. The average Bonchev–Trinajstić information content (AvgIpc) is 2.12. The van der Waals surface area contributed by atoms with Gasteiger partial charge in [0.05, 0.1) is 0 Å². The molecular weight excluding hydrogens is 232 g/mol. The summed E-state index contributed by atoms with van der Waals surface area (Å²) in [5.41, 5.74) is -2.15. The molecule has 1 N–H and O–H groups in total. The minimum absolute atomic E-state index is 0.131. The zero-order valence-electron chi connectivity index (χ0n) is 12.0. The first-order valence-electron chi connectivity index (χ1n) is 6.45. The molecule has 0 aromatic rings. The number of hydrogen-bond acceptors (Lipinski definition) is 3. The Hall–Kier alpha value is -1.06. The summed E-state index contributed by atoms with van der Waals surface area (Å²) in [6.07, 6.45) is 2.42. The van der Waals surface area contributed by atoms with Crippen molar-refractivity contribution in [3.05, 3.63) is 0 Å². The van der Waals surface area contributed by atoms with Crippen molar-refractivity contribution in [1.82, 2.24) is 0 Å². The molecule has 1 atom stereocenters. The fourth-order valence-corrected chi connectivity index (χ4v) is 2.68. The average molecular weight is 256 g/mol. The van der Waals surface area contributed by atoms with Gasteiger partial charge in [-0.2, -0.15) is 0 Å². The van der Waals surface area contributed by atoms with Crippen LogP contribution in [0.2, 0.25) is 0 Å². The van der Waals surface area contributed by atoms with Crippen LogP contribution in [0.4, 0.5) is 0 Å². The van der Waals surface area contributed by atoms with E-state index in [2.05, 4.69) is 0 Å². The van der Waals surface area contributed by atoms with E-state index < -0.39 is 23.0 Å². The zero-order chi connectivity index (χ0) is 14.2. The van der Waals surface area contributed by atoms with Gasteiger partial charge in [0.15, 0.2) is 5.41 Å². The van der Waals surface area contributed by atoms with Crippen LogP contribution in [0.15, 0.2) is 0 Å². The van der Waals surface area contributed by atoms with Crippen molar-refractivity contribution in [2.24, 2.45) is 10.8 Å². The Kier molecular flexibility index (Phi) is 3.80. The number of ether oxygens (including phenoxy) is 1. The molecular formula is C14H24O4. The molecule has 4 nitrogen and oxygen atoms in total. The molecule has 0 spiro atoms. The molecule has 0 heterocycles. The van der Waals surface area contributed by atoms with Crippen LogP contribution in [-0.2, 0) is 14.3 Å². The summed E-state index contributed by atoms with van der Waals surface area (Å²) in [4.78, 5) is 23.9. The number of hydrogen-bond donors (Lipinski definition) is 1. The van der Waals surface area contributed by atoms with Crippen LogP contribution in [0.3, 0.4) is 0 Å². The Morgan fingerprint density at radius 1 is 1.17 bits per heavy atom. The van der Waals surface area contributed by atoms with E-state index in [9.17, 15) is 14.7 Å². The molecule has 1 rings (SSSR count). The fraction of sp³-hybridized carbons (Fsp3) is 0.857. The summed E-state index contributed by atoms with van der Waals surface area (Å²) in [6, 6.07) is 0. The second-order valence-electron chi connectivity index (χ2n) is 7.08. The number of carbonyl (C=O) groups excluding carboxylic acids is 1. The Balaban J connectivity index is 3.01. The molecule has 0 radical (unpaired) electrons. The second kappa shape index (κ2) is 4.56. The summed E-state index contributed by atoms with van der Waals surface area (Å²) in [7, 11) is 0. The van der Waals surface area contributed by atoms with E-state index in [1.165, 1.54) is 0 Å². The van der Waals surface area contributed by atoms with E-state index in [4.69, 9.17) is 4.74 Å². The molecule has 1 saturated carbocycles. The third kappa shape index (κ3) is 3.24. The lowest BCUT2D eigenvalue weighted by atomic mass is 9.63. The van der Waals surface area contributed by atoms with E-state index in [1.807, 2.05) is 13.8 Å². The van der Waals surface area contributed by atoms with Crippen molar-refractivity contribution in [2.45, 2.75) is 65.9 Å². The summed E-state index contributed by atoms with van der Waals surface area (Å²) in [5.74, 6) is -1.64. The maximum absolute atomic E-state index is 12.3. The molecule has 0 aromatic heterocycles. The highest BCUT2D eigenvalue weighted by atomic mass is 16.6. The highest BCUT2D eigenvalue weighted by Crippen LogP contribution is 2.47. The molecule has 0 aliphatic heterocycles. The lowest BCUT2D eigenvalue weighted by Gasteiger charge is -2.41. The number of carboxylic acid groups (broad SMARTS) is 1. The number of rotatable bonds is 2. The normalized spacial score (nSPS) is 27.6. The molecule has 0 bridgehead atoms. The van der Waals surface area contributed by atoms with Gasteiger partial charge in [-0.3, -0.25) is 9.59 Å². The topological polar surface area (TPSA) is 63.6 Å². The highest BCUT2D eigenvalue weighted by molar-refractivity contribution is 5.99. The molecule has 1 aliphatic rings. The molecule has 4 heteroatoms. The van der Waals surface area contributed by atoms with Crippen molar-refractivity contribution in [3.63, 3.8) is 0 Å². The number of carboxylic acids is 1. The smallest absolute Gasteiger partial charge is 0.324 e. The van der Waals surface area contributed by atoms with Gasteiger partial charge in [0.1, 0.15) is 5.60 Å². The van der Waals surface area contributed by atoms with Crippen LogP contribution in [-0.4, -0.2) is 22.6 Å². The summed E-state index contributed by atoms with van der Waals surface area (Å²) < 4.78 is 5.32. The van der Waals surface area contributed by atoms with Gasteiger partial charge in [-0.1, -0.05) is 20.3 Å². The van der Waals surface area contributed by atoms with Crippen molar-refractivity contribution in [2.75, 3.05) is 0 Å². The van der Waals surface area contributed by atoms with E-state index in [0.717, 1.165) is 12.8 Å². The first kappa shape index (κ1) is 15.0. The highest BCUT2D eigenvalue weighted by Gasteiger charge is 2.53. The summed E-state index contributed by atoms with van der Waals surface area (Å²) >= 11 is 0. The van der Waals surface area contributed by atoms with Gasteiger partial charge >= 0.3 is 11.9 Å². The molecule has 1 fully saturated rings. The Bertz CT molecular complexity index is 351. The van der Waals surface area contributed by atoms with Crippen LogP contribution in [0.1, 0.15) is 60.3 Å². The number of esters is 1. The lowest BCUT2D eigenvalue weighted by molar-refractivity contribution is -0.182. The zero-order valence-corrected chi connectivity index (χ0v) is 12.0. The molecule has 104 valence electrons. The standard InChI is InChI=1S/C14H24O4/c1-12(2,3)18-11(17)14(10(15)16)8-6-7-13(4,5)9-14/h6-9H2,1-5H3,(H,15,16). The van der Waals surface area contributed by atoms with Crippen LogP contribution in [0.25, 0.3) is 0 Å². The molecule has 1 unspecified atom stereocenters. The van der Waals surface area contributed by atoms with E-state index in [0.29, 0.717) is 12.8 Å². The van der Waals surface area contributed by atoms with Crippen molar-refractivity contribution < 1.29 is 19.4 Å². The number of aliphatic carboxylic acids is 1. The van der Waals surface area contributed by atoms with Crippen molar-refractivity contribution in [3.8, 4) is 0 Å². The second-order valence-corrected chi connectivity index (χ2v) is 7.08. The molecule has 18 heavy (non-hydrogen) atoms. The first-order valence-corrected chi connectivity index (χ1v) is 6.45. The minimum atomic E-state index is -1.37. The Morgan fingerprint density at radius 2 is 1.72 bits per heavy atom. The van der Waals surface area contributed by atoms with E-state index in [1.54, 1.807) is 20.8 Å². The van der Waals surface area contributed by atoms with Gasteiger partial charge < -0.3 is 9.84 Å². The summed E-state index contributed by atoms with van der Waals surface area (Å²) in [6.45, 7) is 9.29. The van der Waals surface area contributed by atoms with E-state index in [-0.39, 0.29) is 5.41 Å². The van der Waals surface area contributed by atoms with Gasteiger partial charge in [0.25, 0.3) is 0 Å². The SMILES string of the molecule is CC1(C)CCCC(C(=O)O)(C(=O)OC(C)(C)C)C1. The van der Waals surface area contributed by atoms with Gasteiger partial charge in [-0.15, -0.1) is 0 Å². The Morgan fingerprint density at radius 3 is 2.11 bits per heavy atom. The van der Waals surface area contributed by atoms with E-state index >= 15 is 0 Å². The van der Waals surface area contributed by atoms with Gasteiger partial charge in [0.2, 0.25) is 0 Å².